The lowest BCUT2D eigenvalue weighted by atomic mass is 9.74. The van der Waals surface area contributed by atoms with E-state index in [4.69, 9.17) is 28.4 Å². The third-order valence-corrected chi connectivity index (χ3v) is 15.5. The minimum atomic E-state index is -2.22. The summed E-state index contributed by atoms with van der Waals surface area (Å²) in [5.74, 6) is -4.61. The first kappa shape index (κ1) is 74.5. The van der Waals surface area contributed by atoms with Crippen LogP contribution < -0.4 is 29.6 Å². The van der Waals surface area contributed by atoms with Crippen LogP contribution in [-0.4, -0.2) is 129 Å². The lowest BCUT2D eigenvalue weighted by molar-refractivity contribution is -0.757. The van der Waals surface area contributed by atoms with Crippen molar-refractivity contribution >= 4 is 23.8 Å². The van der Waals surface area contributed by atoms with Crippen molar-refractivity contribution in [3.05, 3.63) is 140 Å². The first-order valence-electron chi connectivity index (χ1n) is 29.8. The second-order valence-corrected chi connectivity index (χ2v) is 21.5. The summed E-state index contributed by atoms with van der Waals surface area (Å²) in [7, 11) is 7.04. The van der Waals surface area contributed by atoms with Crippen LogP contribution in [0.25, 0.3) is 0 Å². The average molecular weight is 1240 g/mol. The van der Waals surface area contributed by atoms with Gasteiger partial charge >= 0.3 is 36.3 Å². The molecule has 0 radical (unpaired) electrons. The second kappa shape index (κ2) is 39.2. The van der Waals surface area contributed by atoms with Gasteiger partial charge in [-0.25, -0.2) is 9.59 Å². The molecular weight excluding hydrogens is 1150 g/mol. The third kappa shape index (κ3) is 24.4. The van der Waals surface area contributed by atoms with E-state index in [9.17, 15) is 49.9 Å². The number of esters is 2. The Morgan fingerprint density at radius 1 is 0.551 bits per heavy atom. The maximum atomic E-state index is 13.6. The van der Waals surface area contributed by atoms with Crippen LogP contribution in [0.3, 0.4) is 0 Å². The highest BCUT2D eigenvalue weighted by molar-refractivity contribution is 6.30. The molecular formula is C64H88N8O17. The lowest BCUT2D eigenvalue weighted by Crippen LogP contribution is -2.46. The normalized spacial score (nSPS) is 13.6. The van der Waals surface area contributed by atoms with Crippen molar-refractivity contribution in [2.24, 2.45) is 0 Å². The van der Waals surface area contributed by atoms with E-state index in [1.54, 1.807) is 38.5 Å². The van der Waals surface area contributed by atoms with Gasteiger partial charge in [0, 0.05) is 25.2 Å². The highest BCUT2D eigenvalue weighted by Crippen LogP contribution is 2.39. The summed E-state index contributed by atoms with van der Waals surface area (Å²) in [5, 5.41) is 45.6. The Labute approximate surface area is 521 Å². The molecule has 0 bridgehead atoms. The Hall–Kier alpha value is -8.78. The summed E-state index contributed by atoms with van der Waals surface area (Å²) in [4.78, 5) is 88.9. The largest absolute Gasteiger partial charge is 0.497 e. The Bertz CT molecular complexity index is 2760. The molecule has 25 heteroatoms. The number of rotatable bonds is 42. The zero-order chi connectivity index (χ0) is 64.5. The fraction of sp³-hybridized carbons (Fsp3) is 0.531. The summed E-state index contributed by atoms with van der Waals surface area (Å²) in [6, 6.07) is 33.1. The zero-order valence-electron chi connectivity index (χ0n) is 52.4. The smallest absolute Gasteiger partial charge is 0.421 e. The van der Waals surface area contributed by atoms with Crippen LogP contribution in [0.15, 0.2) is 97.1 Å². The summed E-state index contributed by atoms with van der Waals surface area (Å²) in [6.45, 7) is 7.23. The van der Waals surface area contributed by atoms with Gasteiger partial charge in [0.15, 0.2) is 0 Å². The molecule has 4 N–H and O–H groups in total. The van der Waals surface area contributed by atoms with Gasteiger partial charge in [-0.3, -0.25) is 19.4 Å². The molecule has 0 aliphatic rings. The molecule has 486 valence electrons. The highest BCUT2D eigenvalue weighted by Gasteiger charge is 2.36. The van der Waals surface area contributed by atoms with Gasteiger partial charge in [-0.1, -0.05) is 114 Å². The minimum Gasteiger partial charge on any atom is -0.497 e. The molecule has 0 aliphatic carbocycles. The second-order valence-electron chi connectivity index (χ2n) is 21.5. The van der Waals surface area contributed by atoms with Crippen LogP contribution in [0.4, 0.5) is 0 Å². The molecule has 4 aromatic rings. The van der Waals surface area contributed by atoms with E-state index in [0.29, 0.717) is 74.2 Å². The van der Waals surface area contributed by atoms with Crippen molar-refractivity contribution in [1.29, 1.82) is 10.5 Å². The van der Waals surface area contributed by atoms with E-state index < -0.39 is 83.6 Å². The molecule has 0 aliphatic heterocycles. The fourth-order valence-corrected chi connectivity index (χ4v) is 10.1. The average Bonchev–Trinajstić information content (AvgIpc) is 3.60. The van der Waals surface area contributed by atoms with E-state index in [1.165, 1.54) is 12.1 Å². The van der Waals surface area contributed by atoms with Crippen LogP contribution in [0.5, 0.6) is 23.0 Å². The lowest BCUT2D eigenvalue weighted by Gasteiger charge is -2.30. The topological polar surface area (TPSA) is 338 Å². The van der Waals surface area contributed by atoms with Crippen molar-refractivity contribution < 1.29 is 72.9 Å². The number of carbonyl (C=O) groups excluding carboxylic acids is 4. The van der Waals surface area contributed by atoms with Crippen molar-refractivity contribution in [2.45, 2.75) is 153 Å². The molecule has 4 rings (SSSR count). The zero-order valence-corrected chi connectivity index (χ0v) is 52.4. The van der Waals surface area contributed by atoms with Gasteiger partial charge in [-0.15, -0.1) is 20.2 Å². The molecule has 6 unspecified atom stereocenters. The maximum absolute atomic E-state index is 13.6. The van der Waals surface area contributed by atoms with Gasteiger partial charge in [0.1, 0.15) is 36.2 Å². The molecule has 89 heavy (non-hydrogen) atoms. The number of hydrogen-bond acceptors (Lipinski definition) is 20. The number of ether oxygens (including phenoxy) is 6. The van der Waals surface area contributed by atoms with Crippen LogP contribution >= 0.6 is 0 Å². The SMILES string of the molecule is CCCCCCC(C#N)(CCCN(C)C(C)c1cccc(OC(OC(=O)C(=O)OC(Oc2cccc(C(C)N(C)CCCC(C#N)(CCCCCC)c3cccc(OC)c3)c2)C(=O)NCCO[N+](=O)[O-])C(=O)NCCO[N+](=O)[O-])c1)c1cccc(OC)c1.O. The van der Waals surface area contributed by atoms with E-state index in [1.807, 2.05) is 88.6 Å². The molecule has 0 saturated carbocycles. The Morgan fingerprint density at radius 2 is 0.910 bits per heavy atom. The van der Waals surface area contributed by atoms with Gasteiger partial charge in [-0.05, 0) is 150 Å². The van der Waals surface area contributed by atoms with Crippen molar-refractivity contribution in [3.8, 4) is 35.1 Å². The number of nitrogens with zero attached hydrogens (tertiary/aromatic N) is 6. The van der Waals surface area contributed by atoms with Crippen LogP contribution in [0, 0.1) is 42.9 Å². The standard InChI is InChI=1S/C64H86N8O16.H2O/c1-9-11-13-15-31-63(45-65,51-25-19-27-53(43-51)81-7)33-21-37-69(5)47(3)49-23-17-29-55(41-49)85-61(57(73)67-35-39-83-71(77)78)87-59(75)60(76)88-62(58(74)68-36-40-84-72(79)80)86-56-30-18-24-50(42-56)48(4)70(6)38-22-34-64(46-66,32-16-14-12-10-2)52-26-20-28-54(44-52)82-8;/h17-20,23-30,41-44,47-48,61-62H,9-16,21-22,31-40H2,1-8H3,(H,67,73)(H,68,74);1H2. The Morgan fingerprint density at radius 3 is 1.26 bits per heavy atom. The predicted octanol–water partition coefficient (Wildman–Crippen LogP) is 9.13. The number of amides is 2. The first-order chi connectivity index (χ1) is 42.3. The third-order valence-electron chi connectivity index (χ3n) is 15.5. The monoisotopic (exact) mass is 1240 g/mol. The Kier molecular flexibility index (Phi) is 32.8. The summed E-state index contributed by atoms with van der Waals surface area (Å²) in [5.41, 5.74) is 1.74. The summed E-state index contributed by atoms with van der Waals surface area (Å²) >= 11 is 0. The minimum absolute atomic E-state index is 0. The van der Waals surface area contributed by atoms with Gasteiger partial charge in [0.2, 0.25) is 0 Å². The quantitative estimate of drug-likeness (QED) is 0.0104. The summed E-state index contributed by atoms with van der Waals surface area (Å²) < 4.78 is 33.3. The van der Waals surface area contributed by atoms with Crippen molar-refractivity contribution in [3.63, 3.8) is 0 Å². The predicted molar refractivity (Wildman–Crippen MR) is 328 cm³/mol. The van der Waals surface area contributed by atoms with Crippen LogP contribution in [0.1, 0.15) is 152 Å². The molecule has 4 aromatic carbocycles. The molecule has 0 spiro atoms. The summed E-state index contributed by atoms with van der Waals surface area (Å²) in [6.07, 6.45) is 7.52. The van der Waals surface area contributed by atoms with Gasteiger partial charge in [0.05, 0.1) is 37.2 Å². The molecule has 6 atom stereocenters. The highest BCUT2D eigenvalue weighted by atomic mass is 17.0. The number of nitriles is 2. The van der Waals surface area contributed by atoms with E-state index >= 15 is 0 Å². The number of nitrogens with one attached hydrogen (secondary N) is 2. The van der Waals surface area contributed by atoms with E-state index in [0.717, 1.165) is 62.5 Å². The molecule has 0 aromatic heterocycles. The maximum Gasteiger partial charge on any atom is 0.421 e. The van der Waals surface area contributed by atoms with Gasteiger partial charge in [0.25, 0.3) is 10.2 Å². The number of benzene rings is 4. The Balaban J connectivity index is 0.0000207. The number of carbonyl (C=O) groups is 4. The molecule has 2 amide bonds. The van der Waals surface area contributed by atoms with Crippen LogP contribution in [0.2, 0.25) is 0 Å². The van der Waals surface area contributed by atoms with Crippen molar-refractivity contribution in [2.75, 3.05) is 67.7 Å². The van der Waals surface area contributed by atoms with E-state index in [-0.39, 0.29) is 29.1 Å². The van der Waals surface area contributed by atoms with Crippen LogP contribution in [-0.2, 0) is 49.2 Å². The molecule has 0 fully saturated rings. The fourth-order valence-electron chi connectivity index (χ4n) is 10.1. The van der Waals surface area contributed by atoms with Crippen molar-refractivity contribution in [1.82, 2.24) is 20.4 Å². The number of unbranched alkanes of at least 4 members (excludes halogenated alkanes) is 6. The van der Waals surface area contributed by atoms with Gasteiger partial charge < -0.3 is 54.2 Å². The molecule has 0 saturated heterocycles. The molecule has 0 heterocycles. The number of methoxy groups -OCH3 is 2. The van der Waals surface area contributed by atoms with E-state index in [2.05, 4.69) is 56.1 Å². The first-order valence-corrected chi connectivity index (χ1v) is 29.8. The molecule has 25 nitrogen and oxygen atoms in total. The van der Waals surface area contributed by atoms with Gasteiger partial charge in [-0.2, -0.15) is 10.5 Å². The number of hydrogen-bond donors (Lipinski definition) is 2.